The van der Waals surface area contributed by atoms with Crippen LogP contribution in [0.25, 0.3) is 0 Å². The third-order valence-corrected chi connectivity index (χ3v) is 1.85. The second-order valence-electron chi connectivity index (χ2n) is 3.37. The largest absolute Gasteiger partial charge is 0.390 e. The van der Waals surface area contributed by atoms with E-state index >= 15 is 0 Å². The lowest BCUT2D eigenvalue weighted by Crippen LogP contribution is -2.31. The van der Waals surface area contributed by atoms with Gasteiger partial charge in [-0.25, -0.2) is 0 Å². The highest BCUT2D eigenvalue weighted by atomic mass is 16.5. The molecule has 0 rings (SSSR count). The van der Waals surface area contributed by atoms with Crippen molar-refractivity contribution in [3.05, 3.63) is 0 Å². The molecule has 4 nitrogen and oxygen atoms in total. The van der Waals surface area contributed by atoms with Gasteiger partial charge in [-0.2, -0.15) is 0 Å². The van der Waals surface area contributed by atoms with Gasteiger partial charge in [-0.05, 0) is 19.8 Å². The van der Waals surface area contributed by atoms with E-state index in [1.54, 1.807) is 0 Å². The van der Waals surface area contributed by atoms with Gasteiger partial charge in [-0.15, -0.1) is 0 Å². The van der Waals surface area contributed by atoms with Crippen molar-refractivity contribution in [3.63, 3.8) is 0 Å². The van der Waals surface area contributed by atoms with Gasteiger partial charge in [0.05, 0.1) is 6.10 Å². The Hall–Kier alpha value is -0.450. The van der Waals surface area contributed by atoms with E-state index in [0.29, 0.717) is 19.6 Å². The fraction of sp³-hybridized carbons (Fsp3) is 0.900. The van der Waals surface area contributed by atoms with Crippen molar-refractivity contribution in [2.24, 2.45) is 0 Å². The van der Waals surface area contributed by atoms with Crippen LogP contribution in [0.3, 0.4) is 0 Å². The van der Waals surface area contributed by atoms with Crippen LogP contribution in [0.2, 0.25) is 0 Å². The topological polar surface area (TPSA) is 66.8 Å². The maximum absolute atomic E-state index is 11.2. The predicted molar refractivity (Wildman–Crippen MR) is 53.0 cm³/mol. The summed E-state index contributed by atoms with van der Waals surface area (Å²) < 4.78 is 5.18. The van der Waals surface area contributed by atoms with Gasteiger partial charge >= 0.3 is 0 Å². The van der Waals surface area contributed by atoms with Crippen LogP contribution in [0.15, 0.2) is 0 Å². The highest BCUT2D eigenvalue weighted by Crippen LogP contribution is 2.01. The third-order valence-electron chi connectivity index (χ3n) is 1.85. The van der Waals surface area contributed by atoms with Crippen LogP contribution in [-0.4, -0.2) is 41.4 Å². The number of hydrogen-bond donors (Lipinski definition) is 2. The number of hydrogen-bond acceptors (Lipinski definition) is 4. The highest BCUT2D eigenvalue weighted by molar-refractivity contribution is 5.83. The fourth-order valence-corrected chi connectivity index (χ4v) is 1.01. The van der Waals surface area contributed by atoms with Crippen LogP contribution in [0.4, 0.5) is 0 Å². The van der Waals surface area contributed by atoms with E-state index in [0.717, 1.165) is 6.42 Å². The van der Waals surface area contributed by atoms with Gasteiger partial charge in [0.1, 0.15) is 6.10 Å². The predicted octanol–water partition coefficient (Wildman–Crippen LogP) is 0.504. The number of carbonyl (C=O) groups is 1. The molecule has 4 heteroatoms. The molecule has 0 saturated carbocycles. The zero-order valence-corrected chi connectivity index (χ0v) is 8.90. The molecule has 2 N–H and O–H groups in total. The summed E-state index contributed by atoms with van der Waals surface area (Å²) >= 11 is 0. The first-order chi connectivity index (χ1) is 6.59. The minimum Gasteiger partial charge on any atom is -0.390 e. The lowest BCUT2D eigenvalue weighted by molar-refractivity contribution is -0.132. The van der Waals surface area contributed by atoms with Crippen molar-refractivity contribution in [1.29, 1.82) is 0 Å². The Morgan fingerprint density at radius 3 is 2.50 bits per heavy atom. The minimum absolute atomic E-state index is 0.260. The second-order valence-corrected chi connectivity index (χ2v) is 3.37. The normalized spacial score (nSPS) is 15.1. The Morgan fingerprint density at radius 2 is 2.00 bits per heavy atom. The van der Waals surface area contributed by atoms with E-state index in [1.165, 1.54) is 6.92 Å². The van der Waals surface area contributed by atoms with Gasteiger partial charge in [-0.1, -0.05) is 6.92 Å². The SMILES string of the molecule is CCCOCCCC(=O)[C@H](O)[C@H](C)O. The van der Waals surface area contributed by atoms with E-state index in [4.69, 9.17) is 14.9 Å². The molecule has 14 heavy (non-hydrogen) atoms. The molecule has 0 aromatic carbocycles. The molecule has 0 unspecified atom stereocenters. The number of carbonyl (C=O) groups excluding carboxylic acids is 1. The Kier molecular flexibility index (Phi) is 7.65. The van der Waals surface area contributed by atoms with Crippen molar-refractivity contribution in [2.75, 3.05) is 13.2 Å². The number of aliphatic hydroxyl groups is 2. The molecule has 0 heterocycles. The van der Waals surface area contributed by atoms with Gasteiger partial charge in [0, 0.05) is 19.6 Å². The first-order valence-electron chi connectivity index (χ1n) is 5.06. The molecule has 0 aliphatic carbocycles. The Bertz CT molecular complexity index is 156. The molecular weight excluding hydrogens is 184 g/mol. The molecule has 84 valence electrons. The third kappa shape index (κ3) is 6.07. The maximum atomic E-state index is 11.2. The number of rotatable bonds is 8. The fourth-order valence-electron chi connectivity index (χ4n) is 1.01. The van der Waals surface area contributed by atoms with Crippen LogP contribution in [0.1, 0.15) is 33.1 Å². The van der Waals surface area contributed by atoms with Crippen molar-refractivity contribution < 1.29 is 19.7 Å². The van der Waals surface area contributed by atoms with Crippen LogP contribution in [0.5, 0.6) is 0 Å². The minimum atomic E-state index is -1.25. The number of ether oxygens (including phenoxy) is 1. The van der Waals surface area contributed by atoms with Gasteiger partial charge in [-0.3, -0.25) is 4.79 Å². The molecule has 0 fully saturated rings. The molecular formula is C10H20O4. The summed E-state index contributed by atoms with van der Waals surface area (Å²) in [7, 11) is 0. The van der Waals surface area contributed by atoms with E-state index in [9.17, 15) is 4.79 Å². The van der Waals surface area contributed by atoms with Gasteiger partial charge < -0.3 is 14.9 Å². The summed E-state index contributed by atoms with van der Waals surface area (Å²) in [5.74, 6) is -0.319. The lowest BCUT2D eigenvalue weighted by atomic mass is 10.1. The maximum Gasteiger partial charge on any atom is 0.164 e. The number of Topliss-reactive ketones (excluding diaryl/α,β-unsaturated/α-hetero) is 1. The van der Waals surface area contributed by atoms with Crippen molar-refractivity contribution in [1.82, 2.24) is 0 Å². The van der Waals surface area contributed by atoms with Crippen molar-refractivity contribution >= 4 is 5.78 Å². The smallest absolute Gasteiger partial charge is 0.164 e. The average molecular weight is 204 g/mol. The molecule has 0 bridgehead atoms. The molecule has 0 aliphatic heterocycles. The summed E-state index contributed by atoms with van der Waals surface area (Å²) in [4.78, 5) is 11.2. The molecule has 0 aromatic heterocycles. The molecule has 0 amide bonds. The van der Waals surface area contributed by atoms with Gasteiger partial charge in [0.2, 0.25) is 0 Å². The van der Waals surface area contributed by atoms with Gasteiger partial charge in [0.15, 0.2) is 5.78 Å². The van der Waals surface area contributed by atoms with Crippen molar-refractivity contribution in [2.45, 2.75) is 45.3 Å². The van der Waals surface area contributed by atoms with Gasteiger partial charge in [0.25, 0.3) is 0 Å². The van der Waals surface area contributed by atoms with Crippen LogP contribution >= 0.6 is 0 Å². The summed E-state index contributed by atoms with van der Waals surface area (Å²) in [6.07, 6.45) is -0.414. The summed E-state index contributed by atoms with van der Waals surface area (Å²) in [6, 6.07) is 0. The molecule has 0 aromatic rings. The monoisotopic (exact) mass is 204 g/mol. The molecule has 0 aliphatic rings. The second kappa shape index (κ2) is 7.91. The first kappa shape index (κ1) is 13.5. The molecule has 0 saturated heterocycles. The first-order valence-corrected chi connectivity index (χ1v) is 5.06. The standard InChI is InChI=1S/C10H20O4/c1-3-6-14-7-4-5-9(12)10(13)8(2)11/h8,10-11,13H,3-7H2,1-2H3/t8-,10+/m0/s1. The van der Waals surface area contributed by atoms with E-state index in [-0.39, 0.29) is 12.2 Å². The zero-order chi connectivity index (χ0) is 11.0. The van der Waals surface area contributed by atoms with E-state index in [2.05, 4.69) is 0 Å². The quantitative estimate of drug-likeness (QED) is 0.565. The van der Waals surface area contributed by atoms with E-state index in [1.807, 2.05) is 6.92 Å². The van der Waals surface area contributed by atoms with Crippen LogP contribution in [0, 0.1) is 0 Å². The Balaban J connectivity index is 3.44. The Morgan fingerprint density at radius 1 is 1.36 bits per heavy atom. The zero-order valence-electron chi connectivity index (χ0n) is 8.90. The average Bonchev–Trinajstić information content (AvgIpc) is 2.16. The lowest BCUT2D eigenvalue weighted by Gasteiger charge is -2.11. The van der Waals surface area contributed by atoms with Crippen LogP contribution in [-0.2, 0) is 9.53 Å². The number of ketones is 1. The molecule has 0 spiro atoms. The summed E-state index contributed by atoms with van der Waals surface area (Å²) in [6.45, 7) is 4.65. The Labute approximate surface area is 84.9 Å². The van der Waals surface area contributed by atoms with Crippen LogP contribution < -0.4 is 0 Å². The van der Waals surface area contributed by atoms with E-state index < -0.39 is 12.2 Å². The summed E-state index contributed by atoms with van der Waals surface area (Å²) in [5, 5.41) is 18.1. The highest BCUT2D eigenvalue weighted by Gasteiger charge is 2.19. The number of aliphatic hydroxyl groups excluding tert-OH is 2. The molecule has 2 atom stereocenters. The van der Waals surface area contributed by atoms with Crippen molar-refractivity contribution in [3.8, 4) is 0 Å². The molecule has 0 radical (unpaired) electrons. The summed E-state index contributed by atoms with van der Waals surface area (Å²) in [5.41, 5.74) is 0.